The van der Waals surface area contributed by atoms with Crippen molar-refractivity contribution in [3.05, 3.63) is 71.1 Å². The number of hydrogen-bond acceptors (Lipinski definition) is 5. The van der Waals surface area contributed by atoms with Crippen LogP contribution in [-0.4, -0.2) is 33.1 Å². The van der Waals surface area contributed by atoms with E-state index in [0.29, 0.717) is 5.02 Å². The lowest BCUT2D eigenvalue weighted by Gasteiger charge is -2.35. The van der Waals surface area contributed by atoms with Crippen molar-refractivity contribution in [1.29, 1.82) is 0 Å². The van der Waals surface area contributed by atoms with Crippen LogP contribution in [0.15, 0.2) is 54.9 Å². The van der Waals surface area contributed by atoms with Crippen LogP contribution in [0.4, 0.5) is 5.82 Å². The van der Waals surface area contributed by atoms with Gasteiger partial charge < -0.3 is 10.0 Å². The highest BCUT2D eigenvalue weighted by Crippen LogP contribution is 2.33. The predicted molar refractivity (Wildman–Crippen MR) is 116 cm³/mol. The van der Waals surface area contributed by atoms with Crippen molar-refractivity contribution in [3.8, 4) is 11.4 Å². The van der Waals surface area contributed by atoms with Gasteiger partial charge in [-0.1, -0.05) is 30.7 Å². The second-order valence-electron chi connectivity index (χ2n) is 7.45. The average molecular weight is 409 g/mol. The number of halogens is 1. The van der Waals surface area contributed by atoms with E-state index in [2.05, 4.69) is 22.9 Å². The lowest BCUT2D eigenvalue weighted by molar-refractivity contribution is 0.0929. The summed E-state index contributed by atoms with van der Waals surface area (Å²) in [4.78, 5) is 15.9. The minimum absolute atomic E-state index is 0.236. The predicted octanol–water partition coefficient (Wildman–Crippen LogP) is 4.70. The number of hydrogen-bond donors (Lipinski definition) is 1. The van der Waals surface area contributed by atoms with Gasteiger partial charge in [0, 0.05) is 47.8 Å². The molecule has 1 aromatic carbocycles. The van der Waals surface area contributed by atoms with Gasteiger partial charge in [-0.15, -0.1) is 0 Å². The lowest BCUT2D eigenvalue weighted by atomic mass is 9.87. The first-order valence-corrected chi connectivity index (χ1v) is 10.5. The Morgan fingerprint density at radius 2 is 1.76 bits per heavy atom. The first-order valence-electron chi connectivity index (χ1n) is 10.1. The number of rotatable bonds is 5. The standard InChI is InChI=1S/C23H25ClN4O/c1-2-20-15-21(27-23(26-20)18-7-11-25-12-8-18)28-13-9-17(10-14-28)22(29)16-3-5-19(24)6-4-16/h3-8,11-12,15,17,22,29H,2,9-10,13-14H2,1H3. The Morgan fingerprint density at radius 1 is 1.07 bits per heavy atom. The molecule has 3 aromatic rings. The zero-order chi connectivity index (χ0) is 20.2. The van der Waals surface area contributed by atoms with Gasteiger partial charge in [0.2, 0.25) is 0 Å². The molecule has 1 atom stereocenters. The highest BCUT2D eigenvalue weighted by molar-refractivity contribution is 6.30. The summed E-state index contributed by atoms with van der Waals surface area (Å²) in [5, 5.41) is 11.5. The van der Waals surface area contributed by atoms with Gasteiger partial charge in [-0.05, 0) is 55.0 Å². The SMILES string of the molecule is CCc1cc(N2CCC(C(O)c3ccc(Cl)cc3)CC2)nc(-c2ccncc2)n1. The Kier molecular flexibility index (Phi) is 6.07. The molecule has 1 unspecified atom stereocenters. The summed E-state index contributed by atoms with van der Waals surface area (Å²) in [6.07, 6.45) is 5.76. The van der Waals surface area contributed by atoms with Gasteiger partial charge in [-0.25, -0.2) is 9.97 Å². The third-order valence-corrected chi connectivity index (χ3v) is 5.84. The van der Waals surface area contributed by atoms with Gasteiger partial charge in [-0.3, -0.25) is 4.98 Å². The van der Waals surface area contributed by atoms with E-state index >= 15 is 0 Å². The van der Waals surface area contributed by atoms with Crippen LogP contribution in [0.2, 0.25) is 5.02 Å². The summed E-state index contributed by atoms with van der Waals surface area (Å²) >= 11 is 5.97. The van der Waals surface area contributed by atoms with Gasteiger partial charge in [0.05, 0.1) is 6.10 Å². The molecule has 0 spiro atoms. The number of piperidine rings is 1. The van der Waals surface area contributed by atoms with E-state index in [0.717, 1.165) is 60.8 Å². The first-order chi connectivity index (χ1) is 14.1. The number of pyridine rings is 1. The zero-order valence-corrected chi connectivity index (χ0v) is 17.3. The van der Waals surface area contributed by atoms with Crippen LogP contribution in [0.25, 0.3) is 11.4 Å². The zero-order valence-electron chi connectivity index (χ0n) is 16.5. The molecule has 150 valence electrons. The fraction of sp³-hybridized carbons (Fsp3) is 0.348. The van der Waals surface area contributed by atoms with Crippen molar-refractivity contribution in [3.63, 3.8) is 0 Å². The quantitative estimate of drug-likeness (QED) is 0.662. The van der Waals surface area contributed by atoms with Crippen molar-refractivity contribution in [2.24, 2.45) is 5.92 Å². The molecule has 1 saturated heterocycles. The third-order valence-electron chi connectivity index (χ3n) is 5.59. The van der Waals surface area contributed by atoms with Gasteiger partial charge in [0.15, 0.2) is 5.82 Å². The molecule has 2 aromatic heterocycles. The fourth-order valence-corrected chi connectivity index (χ4v) is 3.96. The fourth-order valence-electron chi connectivity index (χ4n) is 3.83. The molecule has 4 rings (SSSR count). The molecular formula is C23H25ClN4O. The van der Waals surface area contributed by atoms with Crippen LogP contribution in [0.1, 0.15) is 37.1 Å². The van der Waals surface area contributed by atoms with Gasteiger partial charge >= 0.3 is 0 Å². The van der Waals surface area contributed by atoms with Crippen molar-refractivity contribution in [1.82, 2.24) is 15.0 Å². The molecule has 6 heteroatoms. The maximum absolute atomic E-state index is 10.8. The maximum Gasteiger partial charge on any atom is 0.161 e. The number of benzene rings is 1. The largest absolute Gasteiger partial charge is 0.388 e. The van der Waals surface area contributed by atoms with E-state index in [4.69, 9.17) is 21.6 Å². The number of aliphatic hydroxyl groups is 1. The van der Waals surface area contributed by atoms with Crippen LogP contribution >= 0.6 is 11.6 Å². The number of aryl methyl sites for hydroxylation is 1. The molecule has 0 bridgehead atoms. The van der Waals surface area contributed by atoms with Crippen LogP contribution < -0.4 is 4.90 Å². The Balaban J connectivity index is 1.49. The minimum atomic E-state index is -0.460. The van der Waals surface area contributed by atoms with E-state index in [9.17, 15) is 5.11 Å². The Labute approximate surface area is 176 Å². The smallest absolute Gasteiger partial charge is 0.161 e. The van der Waals surface area contributed by atoms with E-state index < -0.39 is 6.10 Å². The molecule has 29 heavy (non-hydrogen) atoms. The van der Waals surface area contributed by atoms with Crippen LogP contribution in [-0.2, 0) is 6.42 Å². The number of aromatic nitrogens is 3. The van der Waals surface area contributed by atoms with Crippen LogP contribution in [0.3, 0.4) is 0 Å². The molecule has 1 aliphatic heterocycles. The average Bonchev–Trinajstić information content (AvgIpc) is 2.79. The number of anilines is 1. The molecule has 1 aliphatic rings. The van der Waals surface area contributed by atoms with E-state index in [1.165, 1.54) is 0 Å². The molecule has 5 nitrogen and oxygen atoms in total. The monoisotopic (exact) mass is 408 g/mol. The molecule has 0 amide bonds. The molecule has 3 heterocycles. The summed E-state index contributed by atoms with van der Waals surface area (Å²) in [7, 11) is 0. The topological polar surface area (TPSA) is 62.1 Å². The molecule has 1 fully saturated rings. The Hall–Kier alpha value is -2.50. The normalized spacial score (nSPS) is 16.0. The molecule has 1 N–H and O–H groups in total. The molecule has 0 radical (unpaired) electrons. The van der Waals surface area contributed by atoms with E-state index in [1.54, 1.807) is 12.4 Å². The van der Waals surface area contributed by atoms with Crippen LogP contribution in [0.5, 0.6) is 0 Å². The summed E-state index contributed by atoms with van der Waals surface area (Å²) < 4.78 is 0. The molecule has 0 saturated carbocycles. The summed E-state index contributed by atoms with van der Waals surface area (Å²) in [5.74, 6) is 1.94. The van der Waals surface area contributed by atoms with Crippen LogP contribution in [0, 0.1) is 5.92 Å². The third kappa shape index (κ3) is 4.57. The van der Waals surface area contributed by atoms with Gasteiger partial charge in [-0.2, -0.15) is 0 Å². The van der Waals surface area contributed by atoms with Crippen molar-refractivity contribution in [2.45, 2.75) is 32.3 Å². The minimum Gasteiger partial charge on any atom is -0.388 e. The van der Waals surface area contributed by atoms with Gasteiger partial charge in [0.25, 0.3) is 0 Å². The number of aliphatic hydroxyl groups excluding tert-OH is 1. The van der Waals surface area contributed by atoms with Crippen molar-refractivity contribution < 1.29 is 5.11 Å². The lowest BCUT2D eigenvalue weighted by Crippen LogP contribution is -2.36. The van der Waals surface area contributed by atoms with E-state index in [1.807, 2.05) is 36.4 Å². The number of nitrogens with zero attached hydrogens (tertiary/aromatic N) is 4. The Bertz CT molecular complexity index is 941. The summed E-state index contributed by atoms with van der Waals surface area (Å²) in [6, 6.07) is 13.5. The van der Waals surface area contributed by atoms with Crippen molar-refractivity contribution in [2.75, 3.05) is 18.0 Å². The summed E-state index contributed by atoms with van der Waals surface area (Å²) in [5.41, 5.74) is 2.94. The maximum atomic E-state index is 10.8. The van der Waals surface area contributed by atoms with E-state index in [-0.39, 0.29) is 5.92 Å². The second-order valence-corrected chi connectivity index (χ2v) is 7.89. The second kappa shape index (κ2) is 8.89. The highest BCUT2D eigenvalue weighted by atomic mass is 35.5. The van der Waals surface area contributed by atoms with Crippen molar-refractivity contribution >= 4 is 17.4 Å². The molecule has 0 aliphatic carbocycles. The van der Waals surface area contributed by atoms with Gasteiger partial charge in [0.1, 0.15) is 5.82 Å². The first kappa shape index (κ1) is 19.8. The molecular weight excluding hydrogens is 384 g/mol. The highest BCUT2D eigenvalue weighted by Gasteiger charge is 2.27. The Morgan fingerprint density at radius 3 is 2.41 bits per heavy atom. The summed E-state index contributed by atoms with van der Waals surface area (Å²) in [6.45, 7) is 3.84.